The van der Waals surface area contributed by atoms with Crippen LogP contribution in [0.3, 0.4) is 0 Å². The molecule has 476 valence electrons. The van der Waals surface area contributed by atoms with Crippen molar-refractivity contribution in [3.63, 3.8) is 0 Å². The van der Waals surface area contributed by atoms with Gasteiger partial charge in [0.05, 0.1) is 43.3 Å². The molecule has 8 N–H and O–H groups in total. The normalized spacial score (nSPS) is 11.8. The lowest BCUT2D eigenvalue weighted by atomic mass is 10.1. The molecule has 6 aromatic rings. The molecule has 3 aromatic heterocycles. The number of hydrogen-bond acceptors (Lipinski definition) is 10. The monoisotopic (exact) mass is 1370 g/mol. The SMILES string of the molecule is Cc1c(C(=O)Nc2ccc(F)c(Cl)c2)c(Cl)n(C)c1C(=O)C(=O)N[C@@H](C)C(F)(F)F.Cc1c(C(=O)Nc2ccc(F)c(Cl)c2)c(Cl)n(C)c1C(=O)C(=O)N[C@@H](C)C(F)(F)F.Cc1c(C(=O)O)c(Cl)n(C)c1C(=O)C(=O)NC(C)C.Nc1ccc(F)c(Cl)c1. The molecule has 2 atom stereocenters. The number of nitrogens with zero attached hydrogens (tertiary/aromatic N) is 3. The Labute approximate surface area is 523 Å². The number of anilines is 3. The predicted octanol–water partition coefficient (Wildman–Crippen LogP) is 12.0. The van der Waals surface area contributed by atoms with Gasteiger partial charge in [-0.25, -0.2) is 18.0 Å². The Hall–Kier alpha value is -7.76. The van der Waals surface area contributed by atoms with E-state index >= 15 is 0 Å². The largest absolute Gasteiger partial charge is 0.478 e. The van der Waals surface area contributed by atoms with E-state index in [1.807, 2.05) is 0 Å². The number of halogens is 15. The molecule has 3 aromatic carbocycles. The van der Waals surface area contributed by atoms with Crippen LogP contribution >= 0.6 is 69.6 Å². The Bertz CT molecular complexity index is 3590. The number of aromatic carboxylic acids is 1. The molecule has 3 heterocycles. The lowest BCUT2D eigenvalue weighted by molar-refractivity contribution is -0.156. The molecule has 5 amide bonds. The molecule has 19 nitrogen and oxygen atoms in total. The highest BCUT2D eigenvalue weighted by atomic mass is 35.5. The van der Waals surface area contributed by atoms with E-state index < -0.39 is 94.7 Å². The van der Waals surface area contributed by atoms with Crippen LogP contribution in [0.25, 0.3) is 0 Å². The molecular weight excluding hydrogens is 1320 g/mol. The third-order valence-corrected chi connectivity index (χ3v) is 14.2. The van der Waals surface area contributed by atoms with Crippen LogP contribution in [0.4, 0.5) is 56.6 Å². The van der Waals surface area contributed by atoms with E-state index in [1.165, 1.54) is 76.8 Å². The Kier molecular flexibility index (Phi) is 25.8. The van der Waals surface area contributed by atoms with Gasteiger partial charge in [-0.2, -0.15) is 26.3 Å². The van der Waals surface area contributed by atoms with E-state index in [1.54, 1.807) is 24.5 Å². The van der Waals surface area contributed by atoms with Crippen molar-refractivity contribution in [1.82, 2.24) is 29.7 Å². The first-order chi connectivity index (χ1) is 40.4. The third-order valence-electron chi connectivity index (χ3n) is 12.0. The minimum absolute atomic E-state index is 0.0134. The van der Waals surface area contributed by atoms with Gasteiger partial charge in [-0.3, -0.25) is 38.4 Å². The second-order valence-corrected chi connectivity index (χ2v) is 21.1. The van der Waals surface area contributed by atoms with Gasteiger partial charge < -0.3 is 51.1 Å². The highest BCUT2D eigenvalue weighted by Crippen LogP contribution is 2.32. The molecule has 34 heteroatoms. The maximum Gasteiger partial charge on any atom is 0.408 e. The van der Waals surface area contributed by atoms with Crippen molar-refractivity contribution >= 4 is 140 Å². The van der Waals surface area contributed by atoms with Crippen molar-refractivity contribution in [2.24, 2.45) is 21.1 Å². The van der Waals surface area contributed by atoms with Crippen LogP contribution in [0.2, 0.25) is 30.5 Å². The second kappa shape index (κ2) is 30.4. The number of aromatic nitrogens is 3. The summed E-state index contributed by atoms with van der Waals surface area (Å²) in [6, 6.07) is 6.20. The molecule has 6 rings (SSSR count). The summed E-state index contributed by atoms with van der Waals surface area (Å²) in [4.78, 5) is 109. The van der Waals surface area contributed by atoms with Gasteiger partial charge in [0.25, 0.3) is 46.9 Å². The minimum atomic E-state index is -4.74. The van der Waals surface area contributed by atoms with Crippen LogP contribution in [0.1, 0.15) is 107 Å². The summed E-state index contributed by atoms with van der Waals surface area (Å²) in [7, 11) is 3.99. The summed E-state index contributed by atoms with van der Waals surface area (Å²) in [5.74, 6) is -11.8. The van der Waals surface area contributed by atoms with Crippen LogP contribution < -0.4 is 32.3 Å². The Morgan fingerprint density at radius 3 is 1.02 bits per heavy atom. The predicted molar refractivity (Wildman–Crippen MR) is 311 cm³/mol. The van der Waals surface area contributed by atoms with Crippen molar-refractivity contribution in [2.75, 3.05) is 16.4 Å². The molecule has 0 saturated carbocycles. The van der Waals surface area contributed by atoms with Crippen molar-refractivity contribution in [2.45, 2.75) is 78.9 Å². The topological polar surface area (TPSA) is 275 Å². The number of carboxylic acid groups (broad SMARTS) is 1. The smallest absolute Gasteiger partial charge is 0.408 e. The molecule has 0 unspecified atom stereocenters. The van der Waals surface area contributed by atoms with Gasteiger partial charge in [-0.15, -0.1) is 0 Å². The molecule has 0 aliphatic heterocycles. The summed E-state index contributed by atoms with van der Waals surface area (Å²) < 4.78 is 118. The molecule has 0 spiro atoms. The van der Waals surface area contributed by atoms with Crippen LogP contribution in [0, 0.1) is 38.2 Å². The number of alkyl halides is 6. The number of hydrogen-bond donors (Lipinski definition) is 7. The molecule has 0 aliphatic carbocycles. The van der Waals surface area contributed by atoms with Gasteiger partial charge in [0, 0.05) is 44.2 Å². The number of carbonyl (C=O) groups is 9. The second-order valence-electron chi connectivity index (χ2n) is 18.8. The average Bonchev–Trinajstić information content (AvgIpc) is 2.95. The van der Waals surface area contributed by atoms with Gasteiger partial charge >= 0.3 is 18.3 Å². The fourth-order valence-electron chi connectivity index (χ4n) is 7.50. The molecule has 88 heavy (non-hydrogen) atoms. The Morgan fingerprint density at radius 1 is 0.477 bits per heavy atom. The number of carbonyl (C=O) groups excluding carboxylic acids is 8. The number of rotatable bonds is 14. The zero-order valence-corrected chi connectivity index (χ0v) is 51.7. The quantitative estimate of drug-likeness (QED) is 0.0233. The first kappa shape index (κ1) is 74.5. The number of nitrogen functional groups attached to an aromatic ring is 1. The zero-order chi connectivity index (χ0) is 67.7. The van der Waals surface area contributed by atoms with E-state index in [-0.39, 0.29) is 98.4 Å². The minimum Gasteiger partial charge on any atom is -0.478 e. The maximum atomic E-state index is 13.3. The van der Waals surface area contributed by atoms with Gasteiger partial charge in [-0.05, 0) is 120 Å². The number of benzene rings is 3. The van der Waals surface area contributed by atoms with Gasteiger partial charge in [-0.1, -0.05) is 69.6 Å². The maximum absolute atomic E-state index is 13.3. The first-order valence-corrected chi connectivity index (χ1v) is 26.9. The van der Waals surface area contributed by atoms with Crippen LogP contribution in [-0.2, 0) is 35.5 Å². The van der Waals surface area contributed by atoms with Gasteiger partial charge in [0.1, 0.15) is 50.6 Å². The molecule has 0 radical (unpaired) electrons. The highest BCUT2D eigenvalue weighted by molar-refractivity contribution is 6.46. The first-order valence-electron chi connectivity index (χ1n) is 24.6. The summed E-state index contributed by atoms with van der Waals surface area (Å²) in [5, 5.41) is 18.5. The van der Waals surface area contributed by atoms with Crippen molar-refractivity contribution in [1.29, 1.82) is 0 Å². The van der Waals surface area contributed by atoms with Crippen LogP contribution in [0.5, 0.6) is 0 Å². The van der Waals surface area contributed by atoms with E-state index in [9.17, 15) is 82.7 Å². The summed E-state index contributed by atoms with van der Waals surface area (Å²) >= 11 is 34.8. The lowest BCUT2D eigenvalue weighted by Crippen LogP contribution is -2.46. The number of nitrogens with one attached hydrogen (secondary N) is 5. The van der Waals surface area contributed by atoms with E-state index in [2.05, 4.69) is 16.0 Å². The molecule has 0 saturated heterocycles. The van der Waals surface area contributed by atoms with Crippen LogP contribution in [-0.4, -0.2) is 102 Å². The average molecular weight is 1370 g/mol. The standard InChI is InChI=1S/2C18H15Cl2F4N3O3.C12H15ClN2O4.C6H5ClFN/c2*1-7-12(16(29)26-9-4-5-11(21)10(19)6-9)15(20)27(3)13(7)14(28)17(30)25-8(2)18(22,23)24;1-5(2)14-11(17)9(16)8-6(3)7(12(18)19)10(13)15(8)4;7-5-3-4(9)1-2-6(5)8/h2*4-6,8H,1-3H3,(H,25,30)(H,26,29);5H,1-4H3,(H,14,17)(H,18,19);1-3H,9H2/t2*8-;;/m00../s1. The fourth-order valence-corrected chi connectivity index (χ4v) is 8.98. The molecular formula is C54H50Cl6F9N9O10. The number of Topliss-reactive ketones (excluding diaryl/α,β-unsaturated/α-hetero) is 3. The van der Waals surface area contributed by atoms with Crippen molar-refractivity contribution in [3.8, 4) is 0 Å². The highest BCUT2D eigenvalue weighted by Gasteiger charge is 2.41. The Morgan fingerprint density at radius 2 is 0.761 bits per heavy atom. The number of ketones is 3. The summed E-state index contributed by atoms with van der Waals surface area (Å²) in [6.45, 7) is 8.88. The van der Waals surface area contributed by atoms with E-state index in [4.69, 9.17) is 80.4 Å². The lowest BCUT2D eigenvalue weighted by Gasteiger charge is -2.16. The molecule has 0 aliphatic rings. The van der Waals surface area contributed by atoms with Gasteiger partial charge in [0.15, 0.2) is 0 Å². The zero-order valence-electron chi connectivity index (χ0n) is 47.1. The fraction of sp³-hybridized carbons (Fsp3) is 0.278. The summed E-state index contributed by atoms with van der Waals surface area (Å²) in [6.07, 6.45) is -9.48. The van der Waals surface area contributed by atoms with E-state index in [0.29, 0.717) is 19.5 Å². The van der Waals surface area contributed by atoms with Crippen molar-refractivity contribution < 1.29 is 87.8 Å². The van der Waals surface area contributed by atoms with Crippen molar-refractivity contribution in [3.05, 3.63) is 153 Å². The number of nitrogens with two attached hydrogens (primary N) is 1. The molecule has 0 fully saturated rings. The number of carboxylic acids is 1. The summed E-state index contributed by atoms with van der Waals surface area (Å²) in [5.41, 5.74) is 4.92. The van der Waals surface area contributed by atoms with E-state index in [0.717, 1.165) is 33.4 Å². The van der Waals surface area contributed by atoms with Crippen LogP contribution in [0.15, 0.2) is 54.6 Å². The third kappa shape index (κ3) is 18.4. The Balaban J connectivity index is 0.000000328. The molecule has 0 bridgehead atoms. The number of amides is 5. The van der Waals surface area contributed by atoms with Gasteiger partial charge in [0.2, 0.25) is 0 Å².